The maximum absolute atomic E-state index is 9.38. The number of unbranched alkanes of at least 4 members (excludes halogenated alkanes) is 8. The Labute approximate surface area is 185 Å². The lowest BCUT2D eigenvalue weighted by molar-refractivity contribution is 0.0134. The first-order valence-corrected chi connectivity index (χ1v) is 11.9. The van der Waals surface area contributed by atoms with E-state index in [1.165, 1.54) is 64.2 Å². The van der Waals surface area contributed by atoms with Crippen LogP contribution in [0.5, 0.6) is 11.5 Å². The van der Waals surface area contributed by atoms with Crippen LogP contribution in [-0.4, -0.2) is 22.9 Å². The second-order valence-electron chi connectivity index (χ2n) is 8.19. The van der Waals surface area contributed by atoms with Crippen LogP contribution in [0, 0.1) is 0 Å². The third-order valence-electron chi connectivity index (χ3n) is 5.31. The van der Waals surface area contributed by atoms with Gasteiger partial charge in [0.05, 0.1) is 5.60 Å². The number of hydrogen-bond acceptors (Lipinski definition) is 3. The van der Waals surface area contributed by atoms with Crippen molar-refractivity contribution in [3.63, 3.8) is 0 Å². The van der Waals surface area contributed by atoms with Crippen molar-refractivity contribution in [3.8, 4) is 11.5 Å². The zero-order valence-corrected chi connectivity index (χ0v) is 20.3. The monoisotopic (exact) mass is 418 g/mol. The van der Waals surface area contributed by atoms with Crippen LogP contribution in [0.2, 0.25) is 0 Å². The number of ether oxygens (including phenoxy) is 1. The Kier molecular flexibility index (Phi) is 16.0. The van der Waals surface area contributed by atoms with Crippen molar-refractivity contribution in [2.24, 2.45) is 0 Å². The number of phenolic OH excluding ortho intramolecular Hbond substituents is 2. The van der Waals surface area contributed by atoms with Gasteiger partial charge in [-0.05, 0) is 32.4 Å². The largest absolute Gasteiger partial charge is 0.507 e. The molecule has 2 aromatic carbocycles. The molecule has 0 radical (unpaired) electrons. The molecule has 0 aliphatic rings. The molecule has 172 valence electrons. The number of methoxy groups -OCH3 is 1. The Bertz CT molecular complexity index is 623. The van der Waals surface area contributed by atoms with Crippen LogP contribution in [0.25, 0.3) is 10.8 Å². The maximum atomic E-state index is 9.38. The lowest BCUT2D eigenvalue weighted by Crippen LogP contribution is -2.21. The van der Waals surface area contributed by atoms with Gasteiger partial charge in [0, 0.05) is 17.9 Å². The van der Waals surface area contributed by atoms with Gasteiger partial charge in [-0.25, -0.2) is 0 Å². The Balaban J connectivity index is 0.000000531. The number of hydrogen-bond donors (Lipinski definition) is 2. The standard InChI is InChI=1S/C15H32O.C10H8O2.C2H6/c1-5-6-7-8-9-10-11-12-13-14-15(2,3)16-4;11-9-5-1-3-7-8(9)4-2-6-10(7)12;1-2/h5-14H2,1-4H3;1-6,11-12H;1-2H3. The normalized spacial score (nSPS) is 10.7. The second kappa shape index (κ2) is 17.0. The summed E-state index contributed by atoms with van der Waals surface area (Å²) in [5.41, 5.74) is 0.0845. The molecule has 30 heavy (non-hydrogen) atoms. The van der Waals surface area contributed by atoms with E-state index >= 15 is 0 Å². The summed E-state index contributed by atoms with van der Waals surface area (Å²) in [4.78, 5) is 0. The summed E-state index contributed by atoms with van der Waals surface area (Å²) in [7, 11) is 1.81. The van der Waals surface area contributed by atoms with Crippen LogP contribution in [0.15, 0.2) is 36.4 Å². The summed E-state index contributed by atoms with van der Waals surface area (Å²) in [5.74, 6) is 0.395. The van der Waals surface area contributed by atoms with Crippen LogP contribution in [0.3, 0.4) is 0 Å². The van der Waals surface area contributed by atoms with E-state index < -0.39 is 0 Å². The molecule has 3 nitrogen and oxygen atoms in total. The summed E-state index contributed by atoms with van der Waals surface area (Å²) in [5, 5.41) is 20.1. The molecule has 0 aliphatic carbocycles. The predicted octanol–water partition coefficient (Wildman–Crippen LogP) is 8.61. The van der Waals surface area contributed by atoms with Crippen molar-refractivity contribution in [2.75, 3.05) is 7.11 Å². The molecule has 0 aromatic heterocycles. The van der Waals surface area contributed by atoms with Crippen molar-refractivity contribution in [3.05, 3.63) is 36.4 Å². The third-order valence-corrected chi connectivity index (χ3v) is 5.31. The van der Waals surface area contributed by atoms with Crippen molar-refractivity contribution in [1.82, 2.24) is 0 Å². The van der Waals surface area contributed by atoms with Gasteiger partial charge in [0.2, 0.25) is 0 Å². The van der Waals surface area contributed by atoms with E-state index in [4.69, 9.17) is 4.74 Å². The summed E-state index contributed by atoms with van der Waals surface area (Å²) in [6, 6.07) is 10.1. The Morgan fingerprint density at radius 2 is 1.10 bits per heavy atom. The molecule has 0 fully saturated rings. The maximum Gasteiger partial charge on any atom is 0.123 e. The molecule has 0 unspecified atom stereocenters. The zero-order chi connectivity index (χ0) is 22.8. The molecule has 0 bridgehead atoms. The van der Waals surface area contributed by atoms with Gasteiger partial charge in [-0.1, -0.05) is 103 Å². The third kappa shape index (κ3) is 12.1. The number of benzene rings is 2. The Hall–Kier alpha value is -1.74. The molecular formula is C27H46O3. The molecule has 0 amide bonds. The van der Waals surface area contributed by atoms with E-state index in [0.29, 0.717) is 10.8 Å². The van der Waals surface area contributed by atoms with Gasteiger partial charge in [0.25, 0.3) is 0 Å². The van der Waals surface area contributed by atoms with E-state index in [1.807, 2.05) is 21.0 Å². The minimum absolute atomic E-state index is 0.0845. The lowest BCUT2D eigenvalue weighted by atomic mass is 9.99. The SMILES string of the molecule is CC.CCCCCCCCCCCC(C)(C)OC.Oc1cccc2c(O)cccc12. The molecule has 0 heterocycles. The van der Waals surface area contributed by atoms with Gasteiger partial charge in [0.15, 0.2) is 0 Å². The number of phenols is 2. The zero-order valence-electron chi connectivity index (χ0n) is 20.3. The topological polar surface area (TPSA) is 49.7 Å². The molecule has 0 saturated heterocycles. The minimum Gasteiger partial charge on any atom is -0.507 e. The van der Waals surface area contributed by atoms with Gasteiger partial charge < -0.3 is 14.9 Å². The van der Waals surface area contributed by atoms with E-state index in [9.17, 15) is 10.2 Å². The molecule has 3 heteroatoms. The summed E-state index contributed by atoms with van der Waals surface area (Å²) < 4.78 is 5.41. The molecule has 0 spiro atoms. The minimum atomic E-state index is 0.0845. The van der Waals surface area contributed by atoms with Gasteiger partial charge in [-0.2, -0.15) is 0 Å². The first-order chi connectivity index (χ1) is 14.4. The smallest absolute Gasteiger partial charge is 0.123 e. The van der Waals surface area contributed by atoms with Crippen LogP contribution < -0.4 is 0 Å². The van der Waals surface area contributed by atoms with Gasteiger partial charge in [0.1, 0.15) is 11.5 Å². The predicted molar refractivity (Wildman–Crippen MR) is 132 cm³/mol. The molecule has 0 aliphatic heterocycles. The van der Waals surface area contributed by atoms with E-state index in [1.54, 1.807) is 36.4 Å². The molecular weight excluding hydrogens is 372 g/mol. The van der Waals surface area contributed by atoms with Crippen molar-refractivity contribution >= 4 is 10.8 Å². The molecule has 2 aromatic rings. The number of rotatable bonds is 11. The highest BCUT2D eigenvalue weighted by Gasteiger charge is 2.14. The second-order valence-corrected chi connectivity index (χ2v) is 8.19. The van der Waals surface area contributed by atoms with Crippen molar-refractivity contribution in [1.29, 1.82) is 0 Å². The molecule has 2 N–H and O–H groups in total. The van der Waals surface area contributed by atoms with Crippen LogP contribution in [0.1, 0.15) is 98.8 Å². The van der Waals surface area contributed by atoms with Crippen LogP contribution in [0.4, 0.5) is 0 Å². The van der Waals surface area contributed by atoms with E-state index in [2.05, 4.69) is 20.8 Å². The fraction of sp³-hybridized carbons (Fsp3) is 0.630. The average Bonchev–Trinajstić information content (AvgIpc) is 2.75. The van der Waals surface area contributed by atoms with Crippen molar-refractivity contribution < 1.29 is 14.9 Å². The molecule has 2 rings (SSSR count). The van der Waals surface area contributed by atoms with E-state index in [-0.39, 0.29) is 17.1 Å². The summed E-state index contributed by atoms with van der Waals surface area (Å²) in [6.07, 6.45) is 13.8. The number of fused-ring (bicyclic) bond motifs is 1. The Morgan fingerprint density at radius 3 is 1.50 bits per heavy atom. The lowest BCUT2D eigenvalue weighted by Gasteiger charge is -2.22. The molecule has 0 atom stereocenters. The highest BCUT2D eigenvalue weighted by molar-refractivity contribution is 5.92. The van der Waals surface area contributed by atoms with Crippen LogP contribution >= 0.6 is 0 Å². The summed E-state index contributed by atoms with van der Waals surface area (Å²) in [6.45, 7) is 10.6. The fourth-order valence-corrected chi connectivity index (χ4v) is 3.24. The van der Waals surface area contributed by atoms with Crippen molar-refractivity contribution in [2.45, 2.75) is 104 Å². The molecule has 0 saturated carbocycles. The van der Waals surface area contributed by atoms with Gasteiger partial charge >= 0.3 is 0 Å². The summed E-state index contributed by atoms with van der Waals surface area (Å²) >= 11 is 0. The van der Waals surface area contributed by atoms with Crippen LogP contribution in [-0.2, 0) is 4.74 Å². The van der Waals surface area contributed by atoms with Gasteiger partial charge in [-0.15, -0.1) is 0 Å². The first kappa shape index (κ1) is 28.3. The average molecular weight is 419 g/mol. The highest BCUT2D eigenvalue weighted by atomic mass is 16.5. The Morgan fingerprint density at radius 1 is 0.700 bits per heavy atom. The number of aromatic hydroxyl groups is 2. The fourth-order valence-electron chi connectivity index (χ4n) is 3.24. The van der Waals surface area contributed by atoms with Gasteiger partial charge in [-0.3, -0.25) is 0 Å². The first-order valence-electron chi connectivity index (χ1n) is 11.9. The highest BCUT2D eigenvalue weighted by Crippen LogP contribution is 2.29. The van der Waals surface area contributed by atoms with E-state index in [0.717, 1.165) is 0 Å². The quantitative estimate of drug-likeness (QED) is 0.359.